The van der Waals surface area contributed by atoms with Gasteiger partial charge in [0.05, 0.1) is 0 Å². The topological polar surface area (TPSA) is 90.9 Å². The van der Waals surface area contributed by atoms with Crippen LogP contribution in [0, 0.1) is 0 Å². The van der Waals surface area contributed by atoms with Gasteiger partial charge in [0.2, 0.25) is 5.95 Å². The van der Waals surface area contributed by atoms with E-state index in [2.05, 4.69) is 20.5 Å². The molecule has 0 bridgehead atoms. The molecular weight excluding hydrogens is 196 g/mol. The van der Waals surface area contributed by atoms with Crippen molar-refractivity contribution in [3.8, 4) is 5.75 Å². The molecule has 0 aliphatic carbocycles. The first-order valence-corrected chi connectivity index (χ1v) is 4.21. The SMILES string of the molecule is O=C(Nc1ncn[nH]1)c1cccc(O)c1. The third-order valence-corrected chi connectivity index (χ3v) is 1.76. The van der Waals surface area contributed by atoms with Crippen molar-refractivity contribution in [2.75, 3.05) is 5.32 Å². The number of hydrogen-bond donors (Lipinski definition) is 3. The number of phenolic OH excluding ortho intramolecular Hbond substituents is 1. The van der Waals surface area contributed by atoms with Crippen LogP contribution >= 0.6 is 0 Å². The van der Waals surface area contributed by atoms with Crippen LogP contribution in [0.25, 0.3) is 0 Å². The number of H-pyrrole nitrogens is 1. The molecule has 0 atom stereocenters. The van der Waals surface area contributed by atoms with Crippen LogP contribution in [-0.4, -0.2) is 26.2 Å². The molecule has 0 saturated heterocycles. The number of nitrogens with one attached hydrogen (secondary N) is 2. The zero-order valence-corrected chi connectivity index (χ0v) is 7.64. The summed E-state index contributed by atoms with van der Waals surface area (Å²) in [6, 6.07) is 6.03. The number of carbonyl (C=O) groups is 1. The molecule has 0 aliphatic heterocycles. The Kier molecular flexibility index (Phi) is 2.32. The van der Waals surface area contributed by atoms with E-state index in [9.17, 15) is 9.90 Å². The van der Waals surface area contributed by atoms with Gasteiger partial charge in [-0.1, -0.05) is 6.07 Å². The number of anilines is 1. The maximum Gasteiger partial charge on any atom is 0.258 e. The number of aromatic amines is 1. The Hall–Kier alpha value is -2.37. The van der Waals surface area contributed by atoms with Crippen LogP contribution in [0.3, 0.4) is 0 Å². The maximum atomic E-state index is 11.6. The van der Waals surface area contributed by atoms with Gasteiger partial charge in [-0.2, -0.15) is 10.1 Å². The van der Waals surface area contributed by atoms with Gasteiger partial charge >= 0.3 is 0 Å². The van der Waals surface area contributed by atoms with Crippen LogP contribution in [0.5, 0.6) is 5.75 Å². The average Bonchev–Trinajstić information content (AvgIpc) is 2.70. The van der Waals surface area contributed by atoms with E-state index in [1.54, 1.807) is 12.1 Å². The number of aromatic nitrogens is 3. The summed E-state index contributed by atoms with van der Waals surface area (Å²) in [5.74, 6) is -0.0498. The Balaban J connectivity index is 2.15. The second kappa shape index (κ2) is 3.79. The monoisotopic (exact) mass is 204 g/mol. The molecule has 0 radical (unpaired) electrons. The first kappa shape index (κ1) is 9.20. The lowest BCUT2D eigenvalue weighted by atomic mass is 10.2. The van der Waals surface area contributed by atoms with Crippen LogP contribution in [0.2, 0.25) is 0 Å². The lowest BCUT2D eigenvalue weighted by molar-refractivity contribution is 0.102. The Labute approximate surface area is 85.0 Å². The van der Waals surface area contributed by atoms with Crippen molar-refractivity contribution in [2.24, 2.45) is 0 Å². The molecule has 1 aromatic carbocycles. The van der Waals surface area contributed by atoms with Crippen LogP contribution in [0.15, 0.2) is 30.6 Å². The minimum atomic E-state index is -0.359. The van der Waals surface area contributed by atoms with Gasteiger partial charge in [0.15, 0.2) is 0 Å². The number of amides is 1. The number of carbonyl (C=O) groups excluding carboxylic acids is 1. The van der Waals surface area contributed by atoms with E-state index in [0.717, 1.165) is 0 Å². The van der Waals surface area contributed by atoms with Crippen LogP contribution < -0.4 is 5.32 Å². The molecule has 0 spiro atoms. The van der Waals surface area contributed by atoms with E-state index in [-0.39, 0.29) is 17.6 Å². The van der Waals surface area contributed by atoms with Gasteiger partial charge in [-0.25, -0.2) is 5.10 Å². The van der Waals surface area contributed by atoms with Gasteiger partial charge in [-0.15, -0.1) is 0 Å². The Bertz CT molecular complexity index is 467. The third kappa shape index (κ3) is 2.11. The van der Waals surface area contributed by atoms with Gasteiger partial charge in [0.1, 0.15) is 12.1 Å². The minimum absolute atomic E-state index is 0.0419. The predicted octanol–water partition coefficient (Wildman–Crippen LogP) is 0.763. The van der Waals surface area contributed by atoms with Crippen molar-refractivity contribution in [3.63, 3.8) is 0 Å². The first-order chi connectivity index (χ1) is 7.25. The van der Waals surface area contributed by atoms with Crippen LogP contribution in [0.1, 0.15) is 10.4 Å². The van der Waals surface area contributed by atoms with E-state index in [1.807, 2.05) is 0 Å². The van der Waals surface area contributed by atoms with Crippen molar-refractivity contribution in [2.45, 2.75) is 0 Å². The standard InChI is InChI=1S/C9H8N4O2/c14-7-3-1-2-6(4-7)8(15)12-9-10-5-11-13-9/h1-5,14H,(H2,10,11,12,13,15). The normalized spacial score (nSPS) is 9.87. The van der Waals surface area contributed by atoms with Crippen molar-refractivity contribution in [1.29, 1.82) is 0 Å². The summed E-state index contributed by atoms with van der Waals surface area (Å²) in [4.78, 5) is 15.3. The first-order valence-electron chi connectivity index (χ1n) is 4.21. The number of phenols is 1. The summed E-state index contributed by atoms with van der Waals surface area (Å²) in [5.41, 5.74) is 0.353. The van der Waals surface area contributed by atoms with Gasteiger partial charge in [-0.05, 0) is 18.2 Å². The number of hydrogen-bond acceptors (Lipinski definition) is 4. The number of rotatable bonds is 2. The average molecular weight is 204 g/mol. The van der Waals surface area contributed by atoms with Crippen LogP contribution in [-0.2, 0) is 0 Å². The van der Waals surface area contributed by atoms with Crippen LogP contribution in [0.4, 0.5) is 5.95 Å². The van der Waals surface area contributed by atoms with E-state index < -0.39 is 0 Å². The Morgan fingerprint density at radius 2 is 2.33 bits per heavy atom. The van der Waals surface area contributed by atoms with Crippen molar-refractivity contribution < 1.29 is 9.90 Å². The molecule has 0 saturated carbocycles. The molecule has 1 aromatic heterocycles. The van der Waals surface area contributed by atoms with E-state index in [1.165, 1.54) is 18.5 Å². The second-order valence-electron chi connectivity index (χ2n) is 2.84. The molecule has 15 heavy (non-hydrogen) atoms. The summed E-state index contributed by atoms with van der Waals surface area (Å²) in [6.45, 7) is 0. The zero-order chi connectivity index (χ0) is 10.7. The molecule has 1 heterocycles. The second-order valence-corrected chi connectivity index (χ2v) is 2.84. The Morgan fingerprint density at radius 3 is 3.00 bits per heavy atom. The maximum absolute atomic E-state index is 11.6. The zero-order valence-electron chi connectivity index (χ0n) is 7.64. The molecular formula is C9H8N4O2. The molecule has 2 rings (SSSR count). The lowest BCUT2D eigenvalue weighted by Gasteiger charge is -2.01. The minimum Gasteiger partial charge on any atom is -0.508 e. The molecule has 1 amide bonds. The molecule has 76 valence electrons. The summed E-state index contributed by atoms with van der Waals surface area (Å²) >= 11 is 0. The fourth-order valence-electron chi connectivity index (χ4n) is 1.09. The highest BCUT2D eigenvalue weighted by molar-refractivity contribution is 6.03. The van der Waals surface area contributed by atoms with Gasteiger partial charge in [0.25, 0.3) is 5.91 Å². The van der Waals surface area contributed by atoms with Crippen molar-refractivity contribution in [1.82, 2.24) is 15.2 Å². The Morgan fingerprint density at radius 1 is 1.47 bits per heavy atom. The summed E-state index contributed by atoms with van der Waals surface area (Å²) in [5, 5.41) is 17.7. The molecule has 6 heteroatoms. The van der Waals surface area contributed by atoms with Gasteiger partial charge in [-0.3, -0.25) is 10.1 Å². The van der Waals surface area contributed by atoms with Crippen molar-refractivity contribution in [3.05, 3.63) is 36.2 Å². The molecule has 3 N–H and O–H groups in total. The highest BCUT2D eigenvalue weighted by Gasteiger charge is 2.07. The summed E-state index contributed by atoms with van der Waals surface area (Å²) in [6.07, 6.45) is 1.29. The predicted molar refractivity (Wildman–Crippen MR) is 52.4 cm³/mol. The fraction of sp³-hybridized carbons (Fsp3) is 0. The molecule has 6 nitrogen and oxygen atoms in total. The fourth-order valence-corrected chi connectivity index (χ4v) is 1.09. The van der Waals surface area contributed by atoms with Gasteiger partial charge in [0, 0.05) is 5.56 Å². The molecule has 2 aromatic rings. The van der Waals surface area contributed by atoms with E-state index in [4.69, 9.17) is 0 Å². The highest BCUT2D eigenvalue weighted by Crippen LogP contribution is 2.11. The lowest BCUT2D eigenvalue weighted by Crippen LogP contribution is -2.12. The number of benzene rings is 1. The summed E-state index contributed by atoms with van der Waals surface area (Å²) < 4.78 is 0. The molecule has 0 aliphatic rings. The quantitative estimate of drug-likeness (QED) is 0.673. The largest absolute Gasteiger partial charge is 0.508 e. The highest BCUT2D eigenvalue weighted by atomic mass is 16.3. The third-order valence-electron chi connectivity index (χ3n) is 1.76. The number of nitrogens with zero attached hydrogens (tertiary/aromatic N) is 2. The molecule has 0 unspecified atom stereocenters. The smallest absolute Gasteiger partial charge is 0.258 e. The van der Waals surface area contributed by atoms with Crippen molar-refractivity contribution >= 4 is 11.9 Å². The molecule has 0 fully saturated rings. The number of aromatic hydroxyl groups is 1. The van der Waals surface area contributed by atoms with E-state index in [0.29, 0.717) is 5.56 Å². The summed E-state index contributed by atoms with van der Waals surface area (Å²) in [7, 11) is 0. The van der Waals surface area contributed by atoms with E-state index >= 15 is 0 Å². The van der Waals surface area contributed by atoms with Gasteiger partial charge < -0.3 is 5.11 Å².